The summed E-state index contributed by atoms with van der Waals surface area (Å²) in [5, 5.41) is 0. The predicted molar refractivity (Wildman–Crippen MR) is 87.6 cm³/mol. The topological polar surface area (TPSA) is 29.3 Å². The molecule has 0 radical (unpaired) electrons. The molecule has 0 aromatic heterocycles. The lowest BCUT2D eigenvalue weighted by Gasteiger charge is -2.40. The highest BCUT2D eigenvalue weighted by Crippen LogP contribution is 2.31. The van der Waals surface area contributed by atoms with Gasteiger partial charge in [0, 0.05) is 18.3 Å². The molecule has 1 saturated carbocycles. The Morgan fingerprint density at radius 2 is 2.00 bits per heavy atom. The normalized spacial score (nSPS) is 23.1. The number of hydrogen-bond acceptors (Lipinski definition) is 2. The summed E-state index contributed by atoms with van der Waals surface area (Å²) in [4.78, 5) is 2.71. The Hall–Kier alpha value is -1.02. The summed E-state index contributed by atoms with van der Waals surface area (Å²) < 4.78 is 0. The van der Waals surface area contributed by atoms with Crippen molar-refractivity contribution in [1.82, 2.24) is 4.90 Å². The molecule has 0 saturated heterocycles. The SMILES string of the molecule is CCCN(Cc1cccc(N)c1)C1CCCCC1CC. The largest absolute Gasteiger partial charge is 0.399 e. The summed E-state index contributed by atoms with van der Waals surface area (Å²) in [5.74, 6) is 0.886. The van der Waals surface area contributed by atoms with Crippen LogP contribution in [0, 0.1) is 5.92 Å². The van der Waals surface area contributed by atoms with Gasteiger partial charge >= 0.3 is 0 Å². The first-order valence-electron chi connectivity index (χ1n) is 8.33. The summed E-state index contributed by atoms with van der Waals surface area (Å²) in [6, 6.07) is 9.17. The van der Waals surface area contributed by atoms with E-state index in [9.17, 15) is 0 Å². The second-order valence-corrected chi connectivity index (χ2v) is 6.24. The van der Waals surface area contributed by atoms with E-state index in [-0.39, 0.29) is 0 Å². The molecule has 20 heavy (non-hydrogen) atoms. The van der Waals surface area contributed by atoms with Crippen molar-refractivity contribution >= 4 is 5.69 Å². The molecule has 1 aliphatic rings. The molecular formula is C18H30N2. The molecule has 2 heteroatoms. The average molecular weight is 274 g/mol. The molecule has 2 atom stereocenters. The third-order valence-corrected chi connectivity index (χ3v) is 4.71. The summed E-state index contributed by atoms with van der Waals surface area (Å²) in [6.45, 7) is 6.90. The number of anilines is 1. The van der Waals surface area contributed by atoms with Crippen LogP contribution in [-0.2, 0) is 6.54 Å². The van der Waals surface area contributed by atoms with E-state index in [1.54, 1.807) is 0 Å². The van der Waals surface area contributed by atoms with Crippen molar-refractivity contribution in [1.29, 1.82) is 0 Å². The maximum absolute atomic E-state index is 5.92. The van der Waals surface area contributed by atoms with Crippen molar-refractivity contribution in [2.75, 3.05) is 12.3 Å². The fraction of sp³-hybridized carbons (Fsp3) is 0.667. The number of benzene rings is 1. The number of rotatable bonds is 6. The summed E-state index contributed by atoms with van der Waals surface area (Å²) >= 11 is 0. The molecule has 2 nitrogen and oxygen atoms in total. The Kier molecular flexibility index (Phi) is 5.90. The zero-order valence-corrected chi connectivity index (χ0v) is 13.1. The van der Waals surface area contributed by atoms with E-state index < -0.39 is 0 Å². The van der Waals surface area contributed by atoms with Crippen LogP contribution in [-0.4, -0.2) is 17.5 Å². The molecular weight excluding hydrogens is 244 g/mol. The van der Waals surface area contributed by atoms with Gasteiger partial charge in [-0.25, -0.2) is 0 Å². The number of hydrogen-bond donors (Lipinski definition) is 1. The molecule has 1 aromatic carbocycles. The van der Waals surface area contributed by atoms with E-state index in [2.05, 4.69) is 36.9 Å². The fourth-order valence-corrected chi connectivity index (χ4v) is 3.72. The van der Waals surface area contributed by atoms with Crippen molar-refractivity contribution in [3.8, 4) is 0 Å². The van der Waals surface area contributed by atoms with Crippen molar-refractivity contribution in [3.05, 3.63) is 29.8 Å². The van der Waals surface area contributed by atoms with Gasteiger partial charge in [-0.2, -0.15) is 0 Å². The van der Waals surface area contributed by atoms with Gasteiger partial charge in [0.1, 0.15) is 0 Å². The van der Waals surface area contributed by atoms with Gasteiger partial charge in [-0.15, -0.1) is 0 Å². The second kappa shape index (κ2) is 7.68. The van der Waals surface area contributed by atoms with E-state index in [0.29, 0.717) is 0 Å². The van der Waals surface area contributed by atoms with Crippen LogP contribution in [0.4, 0.5) is 5.69 Å². The smallest absolute Gasteiger partial charge is 0.0317 e. The molecule has 2 unspecified atom stereocenters. The van der Waals surface area contributed by atoms with Gasteiger partial charge in [-0.1, -0.05) is 45.2 Å². The van der Waals surface area contributed by atoms with Crippen LogP contribution in [0.15, 0.2) is 24.3 Å². The van der Waals surface area contributed by atoms with E-state index in [4.69, 9.17) is 5.73 Å². The molecule has 0 heterocycles. The first kappa shape index (κ1) is 15.4. The molecule has 0 aliphatic heterocycles. The molecule has 2 N–H and O–H groups in total. The molecule has 2 rings (SSSR count). The highest BCUT2D eigenvalue weighted by atomic mass is 15.2. The van der Waals surface area contributed by atoms with E-state index in [1.807, 2.05) is 6.07 Å². The minimum absolute atomic E-state index is 0.773. The zero-order valence-electron chi connectivity index (χ0n) is 13.1. The zero-order chi connectivity index (χ0) is 14.4. The van der Waals surface area contributed by atoms with Crippen LogP contribution in [0.5, 0.6) is 0 Å². The lowest BCUT2D eigenvalue weighted by molar-refractivity contribution is 0.0939. The van der Waals surface area contributed by atoms with Crippen molar-refractivity contribution in [2.24, 2.45) is 5.92 Å². The van der Waals surface area contributed by atoms with Crippen LogP contribution in [0.1, 0.15) is 57.9 Å². The standard InChI is InChI=1S/C18H30N2/c1-3-12-20(14-15-8-7-10-17(19)13-15)18-11-6-5-9-16(18)4-2/h7-8,10,13,16,18H,3-6,9,11-12,14,19H2,1-2H3. The Labute approximate surface area is 124 Å². The summed E-state index contributed by atoms with van der Waals surface area (Å²) in [7, 11) is 0. The second-order valence-electron chi connectivity index (χ2n) is 6.24. The quantitative estimate of drug-likeness (QED) is 0.777. The molecule has 0 amide bonds. The molecule has 0 bridgehead atoms. The lowest BCUT2D eigenvalue weighted by atomic mass is 9.81. The first-order valence-corrected chi connectivity index (χ1v) is 8.33. The number of nitrogens with two attached hydrogens (primary N) is 1. The van der Waals surface area contributed by atoms with Crippen LogP contribution in [0.2, 0.25) is 0 Å². The van der Waals surface area contributed by atoms with Gasteiger partial charge in [0.05, 0.1) is 0 Å². The Balaban J connectivity index is 2.09. The maximum atomic E-state index is 5.92. The number of nitrogen functional groups attached to an aromatic ring is 1. The van der Waals surface area contributed by atoms with Crippen LogP contribution >= 0.6 is 0 Å². The lowest BCUT2D eigenvalue weighted by Crippen LogP contribution is -2.42. The van der Waals surface area contributed by atoms with Crippen LogP contribution in [0.25, 0.3) is 0 Å². The van der Waals surface area contributed by atoms with Crippen LogP contribution in [0.3, 0.4) is 0 Å². The van der Waals surface area contributed by atoms with E-state index in [0.717, 1.165) is 24.2 Å². The van der Waals surface area contributed by atoms with Crippen LogP contribution < -0.4 is 5.73 Å². The Bertz CT molecular complexity index is 402. The minimum atomic E-state index is 0.773. The van der Waals surface area contributed by atoms with Gasteiger partial charge in [-0.3, -0.25) is 4.90 Å². The molecule has 0 spiro atoms. The third-order valence-electron chi connectivity index (χ3n) is 4.71. The van der Waals surface area contributed by atoms with Gasteiger partial charge < -0.3 is 5.73 Å². The average Bonchev–Trinajstić information content (AvgIpc) is 2.47. The molecule has 112 valence electrons. The van der Waals surface area contributed by atoms with E-state index >= 15 is 0 Å². The van der Waals surface area contributed by atoms with Crippen molar-refractivity contribution < 1.29 is 0 Å². The highest BCUT2D eigenvalue weighted by Gasteiger charge is 2.28. The van der Waals surface area contributed by atoms with Crippen molar-refractivity contribution in [3.63, 3.8) is 0 Å². The summed E-state index contributed by atoms with van der Waals surface area (Å²) in [6.07, 6.45) is 8.17. The Morgan fingerprint density at radius 1 is 1.20 bits per heavy atom. The van der Waals surface area contributed by atoms with Crippen molar-refractivity contribution in [2.45, 2.75) is 65.0 Å². The molecule has 1 fully saturated rings. The fourth-order valence-electron chi connectivity index (χ4n) is 3.72. The molecule has 1 aliphatic carbocycles. The maximum Gasteiger partial charge on any atom is 0.0317 e. The highest BCUT2D eigenvalue weighted by molar-refractivity contribution is 5.40. The third kappa shape index (κ3) is 3.99. The Morgan fingerprint density at radius 3 is 2.70 bits per heavy atom. The molecule has 1 aromatic rings. The minimum Gasteiger partial charge on any atom is -0.399 e. The first-order chi connectivity index (χ1) is 9.74. The van der Waals surface area contributed by atoms with Gasteiger partial charge in [-0.05, 0) is 49.4 Å². The van der Waals surface area contributed by atoms with Gasteiger partial charge in [0.2, 0.25) is 0 Å². The summed E-state index contributed by atoms with van der Waals surface area (Å²) in [5.41, 5.74) is 8.17. The van der Waals surface area contributed by atoms with Gasteiger partial charge in [0.25, 0.3) is 0 Å². The van der Waals surface area contributed by atoms with E-state index in [1.165, 1.54) is 50.6 Å². The van der Waals surface area contributed by atoms with Gasteiger partial charge in [0.15, 0.2) is 0 Å². The monoisotopic (exact) mass is 274 g/mol. The number of nitrogens with zero attached hydrogens (tertiary/aromatic N) is 1. The predicted octanol–water partition coefficient (Wildman–Crippen LogP) is 4.45.